The van der Waals surface area contributed by atoms with Crippen LogP contribution in [-0.2, 0) is 6.54 Å². The van der Waals surface area contributed by atoms with Gasteiger partial charge in [-0.1, -0.05) is 31.2 Å². The predicted molar refractivity (Wildman–Crippen MR) is 43.4 cm³/mol. The molecule has 2 N–H and O–H groups in total. The van der Waals surface area contributed by atoms with E-state index in [9.17, 15) is 0 Å². The normalized spacial score (nSPS) is 9.80. The van der Waals surface area contributed by atoms with E-state index in [0.717, 1.165) is 0 Å². The van der Waals surface area contributed by atoms with E-state index in [0.29, 0.717) is 6.54 Å². The van der Waals surface area contributed by atoms with E-state index < -0.39 is 0 Å². The molecule has 0 saturated heterocycles. The van der Waals surface area contributed by atoms with Gasteiger partial charge in [0.1, 0.15) is 0 Å². The van der Waals surface area contributed by atoms with Crippen LogP contribution in [0.25, 0.3) is 0 Å². The summed E-state index contributed by atoms with van der Waals surface area (Å²) in [5.41, 5.74) is 7.86. The molecule has 0 aliphatic rings. The van der Waals surface area contributed by atoms with Crippen molar-refractivity contribution in [3.8, 4) is 0 Å². The van der Waals surface area contributed by atoms with Crippen LogP contribution in [0.15, 0.2) is 24.3 Å². The van der Waals surface area contributed by atoms with Gasteiger partial charge in [-0.25, -0.2) is 0 Å². The fourth-order valence-electron chi connectivity index (χ4n) is 0.846. The lowest BCUT2D eigenvalue weighted by Gasteiger charge is -1.97. The molecule has 0 spiro atoms. The Hall–Kier alpha value is -0.820. The highest BCUT2D eigenvalue weighted by Gasteiger charge is 1.88. The molecule has 0 fully saturated rings. The monoisotopic (exact) mass is 134 g/mol. The molecule has 0 unspecified atom stereocenters. The molecule has 1 nitrogen and oxygen atoms in total. The number of nitrogens with two attached hydrogens (primary N) is 1. The SMILES string of the molecule is C[CH]c1ccc(CN)cc1. The summed E-state index contributed by atoms with van der Waals surface area (Å²) in [4.78, 5) is 0. The Morgan fingerprint density at radius 1 is 1.30 bits per heavy atom. The standard InChI is InChI=1S/C9H12N/c1-2-8-3-5-9(7-10)6-4-8/h2-6H,7,10H2,1H3. The molecule has 0 aromatic heterocycles. The fraction of sp³-hybridized carbons (Fsp3) is 0.222. The topological polar surface area (TPSA) is 26.0 Å². The molecule has 0 amide bonds. The minimum Gasteiger partial charge on any atom is -0.326 e. The summed E-state index contributed by atoms with van der Waals surface area (Å²) in [6.45, 7) is 2.65. The average Bonchev–Trinajstić information content (AvgIpc) is 2.05. The van der Waals surface area contributed by atoms with Gasteiger partial charge in [-0.15, -0.1) is 0 Å². The smallest absolute Gasteiger partial charge is 0.0178 e. The average molecular weight is 134 g/mol. The predicted octanol–water partition coefficient (Wildman–Crippen LogP) is 1.72. The summed E-state index contributed by atoms with van der Waals surface area (Å²) in [6, 6.07) is 8.25. The second-order valence-corrected chi connectivity index (χ2v) is 2.23. The van der Waals surface area contributed by atoms with Gasteiger partial charge in [0.25, 0.3) is 0 Å². The zero-order valence-corrected chi connectivity index (χ0v) is 6.17. The second-order valence-electron chi connectivity index (χ2n) is 2.23. The van der Waals surface area contributed by atoms with Gasteiger partial charge in [0.15, 0.2) is 0 Å². The molecule has 53 valence electrons. The van der Waals surface area contributed by atoms with Crippen LogP contribution in [0.2, 0.25) is 0 Å². The first-order valence-corrected chi connectivity index (χ1v) is 3.45. The molecular formula is C9H12N. The highest BCUT2D eigenvalue weighted by Crippen LogP contribution is 2.04. The number of rotatable bonds is 2. The lowest BCUT2D eigenvalue weighted by atomic mass is 10.1. The molecule has 1 aromatic rings. The van der Waals surface area contributed by atoms with Crippen molar-refractivity contribution in [2.24, 2.45) is 5.73 Å². The van der Waals surface area contributed by atoms with Gasteiger partial charge in [-0.3, -0.25) is 0 Å². The van der Waals surface area contributed by atoms with E-state index in [1.165, 1.54) is 11.1 Å². The summed E-state index contributed by atoms with van der Waals surface area (Å²) in [6.07, 6.45) is 2.07. The first-order valence-electron chi connectivity index (χ1n) is 3.45. The van der Waals surface area contributed by atoms with Gasteiger partial charge >= 0.3 is 0 Å². The van der Waals surface area contributed by atoms with E-state index in [1.807, 2.05) is 6.92 Å². The lowest BCUT2D eigenvalue weighted by Crippen LogP contribution is -1.95. The fourth-order valence-corrected chi connectivity index (χ4v) is 0.846. The van der Waals surface area contributed by atoms with Crippen molar-refractivity contribution in [2.75, 3.05) is 0 Å². The summed E-state index contributed by atoms with van der Waals surface area (Å²) in [5.74, 6) is 0. The van der Waals surface area contributed by atoms with Crippen molar-refractivity contribution in [2.45, 2.75) is 13.5 Å². The van der Waals surface area contributed by atoms with Gasteiger partial charge in [-0.2, -0.15) is 0 Å². The Bertz CT molecular complexity index is 165. The van der Waals surface area contributed by atoms with Crippen molar-refractivity contribution >= 4 is 0 Å². The Labute approximate surface area is 61.9 Å². The van der Waals surface area contributed by atoms with Crippen LogP contribution in [0, 0.1) is 6.42 Å². The molecule has 1 rings (SSSR count). The van der Waals surface area contributed by atoms with Crippen LogP contribution in [0.4, 0.5) is 0 Å². The van der Waals surface area contributed by atoms with Gasteiger partial charge in [0.05, 0.1) is 0 Å². The molecule has 0 saturated carbocycles. The lowest BCUT2D eigenvalue weighted by molar-refractivity contribution is 1.07. The summed E-state index contributed by atoms with van der Waals surface area (Å²) < 4.78 is 0. The van der Waals surface area contributed by atoms with Crippen molar-refractivity contribution in [1.82, 2.24) is 0 Å². The maximum Gasteiger partial charge on any atom is 0.0178 e. The van der Waals surface area contributed by atoms with Gasteiger partial charge in [0.2, 0.25) is 0 Å². The van der Waals surface area contributed by atoms with E-state index in [1.54, 1.807) is 0 Å². The Kier molecular flexibility index (Phi) is 2.46. The summed E-state index contributed by atoms with van der Waals surface area (Å²) in [7, 11) is 0. The maximum absolute atomic E-state index is 5.43. The Morgan fingerprint density at radius 3 is 2.30 bits per heavy atom. The summed E-state index contributed by atoms with van der Waals surface area (Å²) in [5, 5.41) is 0. The molecule has 1 heteroatoms. The maximum atomic E-state index is 5.43. The van der Waals surface area contributed by atoms with E-state index in [4.69, 9.17) is 5.73 Å². The van der Waals surface area contributed by atoms with Crippen LogP contribution in [0.3, 0.4) is 0 Å². The van der Waals surface area contributed by atoms with Crippen LogP contribution < -0.4 is 5.73 Å². The van der Waals surface area contributed by atoms with E-state index in [2.05, 4.69) is 30.7 Å². The Balaban J connectivity index is 2.80. The third-order valence-electron chi connectivity index (χ3n) is 1.55. The summed E-state index contributed by atoms with van der Waals surface area (Å²) >= 11 is 0. The number of hydrogen-bond donors (Lipinski definition) is 1. The zero-order chi connectivity index (χ0) is 7.40. The van der Waals surface area contributed by atoms with Crippen molar-refractivity contribution in [1.29, 1.82) is 0 Å². The highest BCUT2D eigenvalue weighted by molar-refractivity contribution is 5.26. The van der Waals surface area contributed by atoms with Crippen molar-refractivity contribution in [3.63, 3.8) is 0 Å². The highest BCUT2D eigenvalue weighted by atomic mass is 14.5. The molecule has 0 aliphatic heterocycles. The van der Waals surface area contributed by atoms with Crippen molar-refractivity contribution < 1.29 is 0 Å². The second kappa shape index (κ2) is 3.37. The van der Waals surface area contributed by atoms with Gasteiger partial charge in [-0.05, 0) is 17.5 Å². The largest absolute Gasteiger partial charge is 0.326 e. The number of hydrogen-bond acceptors (Lipinski definition) is 1. The first kappa shape index (κ1) is 7.29. The first-order chi connectivity index (χ1) is 4.86. The third-order valence-corrected chi connectivity index (χ3v) is 1.55. The van der Waals surface area contributed by atoms with Crippen molar-refractivity contribution in [3.05, 3.63) is 41.8 Å². The molecule has 1 aromatic carbocycles. The molecule has 0 bridgehead atoms. The van der Waals surface area contributed by atoms with Crippen LogP contribution >= 0.6 is 0 Å². The molecule has 0 atom stereocenters. The third kappa shape index (κ3) is 1.58. The van der Waals surface area contributed by atoms with Crippen LogP contribution in [-0.4, -0.2) is 0 Å². The van der Waals surface area contributed by atoms with E-state index in [-0.39, 0.29) is 0 Å². The Morgan fingerprint density at radius 2 is 1.90 bits per heavy atom. The minimum absolute atomic E-state index is 0.629. The molecular weight excluding hydrogens is 122 g/mol. The molecule has 10 heavy (non-hydrogen) atoms. The van der Waals surface area contributed by atoms with Gasteiger partial charge in [0, 0.05) is 6.54 Å². The molecule has 1 radical (unpaired) electrons. The van der Waals surface area contributed by atoms with Gasteiger partial charge < -0.3 is 5.73 Å². The van der Waals surface area contributed by atoms with Crippen LogP contribution in [0.5, 0.6) is 0 Å². The molecule has 0 heterocycles. The van der Waals surface area contributed by atoms with Crippen LogP contribution in [0.1, 0.15) is 18.1 Å². The minimum atomic E-state index is 0.629. The van der Waals surface area contributed by atoms with E-state index >= 15 is 0 Å². The quantitative estimate of drug-likeness (QED) is 0.654. The zero-order valence-electron chi connectivity index (χ0n) is 6.17. The number of benzene rings is 1. The molecule has 0 aliphatic carbocycles.